The first-order valence-corrected chi connectivity index (χ1v) is 7.84. The van der Waals surface area contributed by atoms with E-state index in [1.807, 2.05) is 32.9 Å². The lowest BCUT2D eigenvalue weighted by molar-refractivity contribution is -0.125. The van der Waals surface area contributed by atoms with Crippen LogP contribution < -0.4 is 20.5 Å². The van der Waals surface area contributed by atoms with Crippen LogP contribution in [0.4, 0.5) is 0 Å². The Hall–Kier alpha value is -0.980. The number of rotatable bonds is 4. The molecule has 0 aromatic heterocycles. The molecule has 0 spiro atoms. The molecule has 0 aliphatic carbocycles. The van der Waals surface area contributed by atoms with Gasteiger partial charge in [-0.1, -0.05) is 22.9 Å². The van der Waals surface area contributed by atoms with Crippen molar-refractivity contribution < 1.29 is 14.3 Å². The van der Waals surface area contributed by atoms with Crippen LogP contribution in [-0.2, 0) is 4.79 Å². The number of ether oxygens (including phenoxy) is 2. The van der Waals surface area contributed by atoms with Crippen molar-refractivity contribution in [3.8, 4) is 11.5 Å². The second kappa shape index (κ2) is 8.04. The van der Waals surface area contributed by atoms with E-state index in [0.29, 0.717) is 19.0 Å². The Balaban J connectivity index is 0.00000242. The molecule has 124 valence electrons. The largest absolute Gasteiger partial charge is 0.486 e. The molecule has 7 heteroatoms. The molecule has 0 fully saturated rings. The maximum atomic E-state index is 12.1. The number of hydrogen-bond donors (Lipinski definition) is 2. The van der Waals surface area contributed by atoms with Gasteiger partial charge in [0.25, 0.3) is 0 Å². The lowest BCUT2D eigenvalue weighted by atomic mass is 10.0. The summed E-state index contributed by atoms with van der Waals surface area (Å²) in [4.78, 5) is 12.1. The van der Waals surface area contributed by atoms with Gasteiger partial charge in [-0.25, -0.2) is 0 Å². The number of nitrogens with one attached hydrogen (secondary N) is 1. The summed E-state index contributed by atoms with van der Waals surface area (Å²) in [6, 6.07) is 3.45. The second-order valence-electron chi connectivity index (χ2n) is 5.40. The fourth-order valence-corrected chi connectivity index (χ4v) is 2.74. The molecule has 2 rings (SSSR count). The molecule has 1 aromatic carbocycles. The van der Waals surface area contributed by atoms with Gasteiger partial charge in [0.15, 0.2) is 11.5 Å². The molecule has 5 nitrogen and oxygen atoms in total. The van der Waals surface area contributed by atoms with Crippen LogP contribution in [0, 0.1) is 5.92 Å². The second-order valence-corrected chi connectivity index (χ2v) is 6.25. The predicted octanol–water partition coefficient (Wildman–Crippen LogP) is 2.80. The summed E-state index contributed by atoms with van der Waals surface area (Å²) in [5, 5.41) is 2.98. The average Bonchev–Trinajstić information content (AvgIpc) is 2.45. The number of benzene rings is 1. The molecule has 0 radical (unpaired) electrons. The van der Waals surface area contributed by atoms with Gasteiger partial charge in [0.2, 0.25) is 5.91 Å². The Morgan fingerprint density at radius 1 is 1.23 bits per heavy atom. The first kappa shape index (κ1) is 19.1. The van der Waals surface area contributed by atoms with Gasteiger partial charge in [0.1, 0.15) is 13.2 Å². The van der Waals surface area contributed by atoms with Crippen molar-refractivity contribution in [2.45, 2.75) is 32.9 Å². The van der Waals surface area contributed by atoms with Crippen LogP contribution in [0.1, 0.15) is 32.4 Å². The van der Waals surface area contributed by atoms with E-state index >= 15 is 0 Å². The normalized spacial score (nSPS) is 17.0. The van der Waals surface area contributed by atoms with Gasteiger partial charge in [0, 0.05) is 16.4 Å². The summed E-state index contributed by atoms with van der Waals surface area (Å²) in [6.45, 7) is 6.68. The molecule has 3 atom stereocenters. The fourth-order valence-electron chi connectivity index (χ4n) is 2.07. The minimum atomic E-state index is -0.233. The Kier molecular flexibility index (Phi) is 6.97. The van der Waals surface area contributed by atoms with Gasteiger partial charge in [-0.2, -0.15) is 0 Å². The molecule has 1 aromatic rings. The van der Waals surface area contributed by atoms with E-state index in [2.05, 4.69) is 21.2 Å². The van der Waals surface area contributed by atoms with Crippen molar-refractivity contribution in [3.05, 3.63) is 22.2 Å². The van der Waals surface area contributed by atoms with Crippen LogP contribution in [0.15, 0.2) is 16.6 Å². The van der Waals surface area contributed by atoms with E-state index < -0.39 is 0 Å². The number of carbonyl (C=O) groups is 1. The highest BCUT2D eigenvalue weighted by Gasteiger charge is 2.22. The third-order valence-electron chi connectivity index (χ3n) is 3.69. The molecule has 22 heavy (non-hydrogen) atoms. The van der Waals surface area contributed by atoms with Gasteiger partial charge in [-0.15, -0.1) is 12.4 Å². The quantitative estimate of drug-likeness (QED) is 0.825. The topological polar surface area (TPSA) is 73.6 Å². The molecule has 0 saturated heterocycles. The maximum absolute atomic E-state index is 12.1. The summed E-state index contributed by atoms with van der Waals surface area (Å²) >= 11 is 3.52. The summed E-state index contributed by atoms with van der Waals surface area (Å²) in [7, 11) is 0. The monoisotopic (exact) mass is 392 g/mol. The number of hydrogen-bond acceptors (Lipinski definition) is 4. The highest BCUT2D eigenvalue weighted by Crippen LogP contribution is 2.37. The number of halogens is 2. The molecule has 1 amide bonds. The maximum Gasteiger partial charge on any atom is 0.224 e. The number of amides is 1. The molecule has 1 heterocycles. The van der Waals surface area contributed by atoms with Crippen LogP contribution in [0.5, 0.6) is 11.5 Å². The standard InChI is InChI=1S/C15H21BrN2O3.ClH/c1-8(9(2)17)15(19)18-10(3)11-6-13-14(7-12(11)16)21-5-4-20-13;/h6-10H,4-5,17H2,1-3H3,(H,18,19);1H. The van der Waals surface area contributed by atoms with Crippen LogP contribution in [0.3, 0.4) is 0 Å². The van der Waals surface area contributed by atoms with Crippen molar-refractivity contribution in [1.82, 2.24) is 5.32 Å². The van der Waals surface area contributed by atoms with Gasteiger partial charge >= 0.3 is 0 Å². The number of nitrogens with two attached hydrogens (primary N) is 1. The highest BCUT2D eigenvalue weighted by molar-refractivity contribution is 9.10. The van der Waals surface area contributed by atoms with Crippen LogP contribution in [0.25, 0.3) is 0 Å². The van der Waals surface area contributed by atoms with E-state index in [0.717, 1.165) is 15.8 Å². The Morgan fingerprint density at radius 3 is 2.32 bits per heavy atom. The van der Waals surface area contributed by atoms with Gasteiger partial charge < -0.3 is 20.5 Å². The molecule has 1 aliphatic heterocycles. The fraction of sp³-hybridized carbons (Fsp3) is 0.533. The molecule has 3 N–H and O–H groups in total. The number of fused-ring (bicyclic) bond motifs is 1. The van der Waals surface area contributed by atoms with Crippen molar-refractivity contribution in [3.63, 3.8) is 0 Å². The summed E-state index contributed by atoms with van der Waals surface area (Å²) in [6.07, 6.45) is 0. The third kappa shape index (κ3) is 4.27. The first-order valence-electron chi connectivity index (χ1n) is 7.05. The molecule has 0 saturated carbocycles. The van der Waals surface area contributed by atoms with E-state index in [9.17, 15) is 4.79 Å². The first-order chi connectivity index (χ1) is 9.90. The molecule has 0 bridgehead atoms. The smallest absolute Gasteiger partial charge is 0.224 e. The van der Waals surface area contributed by atoms with Crippen molar-refractivity contribution >= 4 is 34.2 Å². The highest BCUT2D eigenvalue weighted by atomic mass is 79.9. The minimum Gasteiger partial charge on any atom is -0.486 e. The van der Waals surface area contributed by atoms with Crippen molar-refractivity contribution in [2.24, 2.45) is 11.7 Å². The summed E-state index contributed by atoms with van der Waals surface area (Å²) < 4.78 is 12.0. The molecular formula is C15H22BrClN2O3. The zero-order valence-electron chi connectivity index (χ0n) is 12.9. The average molecular weight is 394 g/mol. The SMILES string of the molecule is CC(NC(=O)C(C)C(C)N)c1cc2c(cc1Br)OCCO2.Cl. The molecule has 1 aliphatic rings. The Morgan fingerprint density at radius 2 is 1.77 bits per heavy atom. The van der Waals surface area contributed by atoms with E-state index in [1.54, 1.807) is 0 Å². The summed E-state index contributed by atoms with van der Waals surface area (Å²) in [5.41, 5.74) is 6.71. The van der Waals surface area contributed by atoms with E-state index in [1.165, 1.54) is 0 Å². The lowest BCUT2D eigenvalue weighted by Gasteiger charge is -2.24. The van der Waals surface area contributed by atoms with E-state index in [-0.39, 0.29) is 36.3 Å². The van der Waals surface area contributed by atoms with Crippen LogP contribution >= 0.6 is 28.3 Å². The zero-order chi connectivity index (χ0) is 15.6. The minimum absolute atomic E-state index is 0. The molecule has 3 unspecified atom stereocenters. The van der Waals surface area contributed by atoms with Gasteiger partial charge in [-0.3, -0.25) is 4.79 Å². The van der Waals surface area contributed by atoms with Crippen molar-refractivity contribution in [2.75, 3.05) is 13.2 Å². The van der Waals surface area contributed by atoms with Crippen LogP contribution in [-0.4, -0.2) is 25.2 Å². The Bertz CT molecular complexity index is 540. The molecular weight excluding hydrogens is 372 g/mol. The van der Waals surface area contributed by atoms with E-state index in [4.69, 9.17) is 15.2 Å². The number of carbonyl (C=O) groups excluding carboxylic acids is 1. The van der Waals surface area contributed by atoms with Gasteiger partial charge in [-0.05, 0) is 31.5 Å². The predicted molar refractivity (Wildman–Crippen MR) is 91.8 cm³/mol. The van der Waals surface area contributed by atoms with Crippen molar-refractivity contribution in [1.29, 1.82) is 0 Å². The third-order valence-corrected chi connectivity index (χ3v) is 4.38. The summed E-state index contributed by atoms with van der Waals surface area (Å²) in [5.74, 6) is 1.14. The lowest BCUT2D eigenvalue weighted by Crippen LogP contribution is -2.39. The van der Waals surface area contributed by atoms with Crippen LogP contribution in [0.2, 0.25) is 0 Å². The van der Waals surface area contributed by atoms with Gasteiger partial charge in [0.05, 0.1) is 6.04 Å². The Labute approximate surface area is 145 Å². The zero-order valence-corrected chi connectivity index (χ0v) is 15.3.